The van der Waals surface area contributed by atoms with Crippen LogP contribution in [-0.4, -0.2) is 46.6 Å². The molecule has 0 saturated carbocycles. The van der Waals surface area contributed by atoms with Gasteiger partial charge in [-0.2, -0.15) is 0 Å². The Morgan fingerprint density at radius 2 is 2.30 bits per heavy atom. The molecule has 0 aromatic carbocycles. The van der Waals surface area contributed by atoms with E-state index >= 15 is 0 Å². The monoisotopic (exact) mass is 280 g/mol. The highest BCUT2D eigenvalue weighted by atomic mass is 16.6. The van der Waals surface area contributed by atoms with Crippen molar-refractivity contribution in [3.63, 3.8) is 0 Å². The molecule has 1 saturated heterocycles. The Bertz CT molecular complexity index is 491. The lowest BCUT2D eigenvalue weighted by atomic mass is 9.91. The predicted octanol–water partition coefficient (Wildman–Crippen LogP) is 2.06. The lowest BCUT2D eigenvalue weighted by Gasteiger charge is -2.39. The van der Waals surface area contributed by atoms with Crippen molar-refractivity contribution in [1.29, 1.82) is 0 Å². The van der Waals surface area contributed by atoms with E-state index in [4.69, 9.17) is 9.47 Å². The van der Waals surface area contributed by atoms with E-state index < -0.39 is 23.5 Å². The van der Waals surface area contributed by atoms with Crippen LogP contribution in [0.15, 0.2) is 24.4 Å². The topological polar surface area (TPSA) is 71.9 Å². The first kappa shape index (κ1) is 14.7. The van der Waals surface area contributed by atoms with E-state index in [1.54, 1.807) is 27.2 Å². The van der Waals surface area contributed by atoms with Crippen LogP contribution in [0.2, 0.25) is 0 Å². The molecule has 6 heteroatoms. The Labute approximate surface area is 118 Å². The number of carboxylic acid groups (broad SMARTS) is 1. The summed E-state index contributed by atoms with van der Waals surface area (Å²) < 4.78 is 11.3. The van der Waals surface area contributed by atoms with Gasteiger partial charge in [0.1, 0.15) is 11.3 Å². The molecule has 1 aromatic heterocycles. The van der Waals surface area contributed by atoms with Gasteiger partial charge in [-0.1, -0.05) is 6.07 Å². The van der Waals surface area contributed by atoms with Crippen molar-refractivity contribution >= 4 is 6.09 Å². The van der Waals surface area contributed by atoms with Gasteiger partial charge < -0.3 is 14.6 Å². The Kier molecular flexibility index (Phi) is 3.71. The second kappa shape index (κ2) is 5.03. The number of amides is 1. The third-order valence-corrected chi connectivity index (χ3v) is 3.93. The van der Waals surface area contributed by atoms with E-state index in [1.807, 2.05) is 25.1 Å². The lowest BCUT2D eigenvalue weighted by molar-refractivity contribution is -0.0766. The number of nitrogens with zero attached hydrogens (tertiary/aromatic N) is 2. The normalized spacial score (nSPS) is 24.4. The Morgan fingerprint density at radius 3 is 2.80 bits per heavy atom. The second-order valence-electron chi connectivity index (χ2n) is 5.45. The maximum absolute atomic E-state index is 11.6. The molecule has 1 aromatic rings. The van der Waals surface area contributed by atoms with Gasteiger partial charge in [-0.05, 0) is 32.9 Å². The summed E-state index contributed by atoms with van der Waals surface area (Å²) >= 11 is 0. The van der Waals surface area contributed by atoms with E-state index in [0.29, 0.717) is 5.69 Å². The number of aromatic nitrogens is 1. The molecule has 1 aliphatic rings. The summed E-state index contributed by atoms with van der Waals surface area (Å²) in [7, 11) is 1.56. The number of pyridine rings is 1. The highest BCUT2D eigenvalue weighted by Gasteiger charge is 2.53. The van der Waals surface area contributed by atoms with E-state index in [9.17, 15) is 9.90 Å². The van der Waals surface area contributed by atoms with Crippen LogP contribution in [0, 0.1) is 0 Å². The summed E-state index contributed by atoms with van der Waals surface area (Å²) in [5.41, 5.74) is -1.07. The standard InChI is InChI=1S/C14H20N2O4/c1-13(2)16(12(17)18)11(9-20-13)14(3,19-4)10-7-5-6-8-15-10/h5-8,11H,9H2,1-4H3,(H,17,18)/t11-,14?/m0/s1. The third kappa shape index (κ3) is 2.25. The van der Waals surface area contributed by atoms with E-state index in [-0.39, 0.29) is 6.61 Å². The van der Waals surface area contributed by atoms with Gasteiger partial charge >= 0.3 is 6.09 Å². The smallest absolute Gasteiger partial charge is 0.410 e. The minimum absolute atomic E-state index is 0.264. The number of rotatable bonds is 3. The van der Waals surface area contributed by atoms with Crippen LogP contribution < -0.4 is 0 Å². The molecule has 1 amide bonds. The van der Waals surface area contributed by atoms with Crippen molar-refractivity contribution in [3.05, 3.63) is 30.1 Å². The first-order chi connectivity index (χ1) is 9.33. The molecule has 0 radical (unpaired) electrons. The number of hydrogen-bond donors (Lipinski definition) is 1. The summed E-state index contributed by atoms with van der Waals surface area (Å²) in [5.74, 6) is 0. The van der Waals surface area contributed by atoms with Gasteiger partial charge in [0.15, 0.2) is 0 Å². The van der Waals surface area contributed by atoms with E-state index in [1.165, 1.54) is 4.90 Å². The predicted molar refractivity (Wildman–Crippen MR) is 72.3 cm³/mol. The SMILES string of the molecule is COC(C)(c1ccccn1)[C@@H]1COC(C)(C)N1C(=O)O. The molecule has 0 spiro atoms. The van der Waals surface area contributed by atoms with E-state index in [0.717, 1.165) is 0 Å². The van der Waals surface area contributed by atoms with Gasteiger partial charge in [-0.15, -0.1) is 0 Å². The van der Waals surface area contributed by atoms with Gasteiger partial charge in [0.25, 0.3) is 0 Å². The fourth-order valence-corrected chi connectivity index (χ4v) is 2.64. The molecular weight excluding hydrogens is 260 g/mol. The average Bonchev–Trinajstić information content (AvgIpc) is 2.75. The van der Waals surface area contributed by atoms with Gasteiger partial charge in [-0.25, -0.2) is 4.79 Å². The minimum Gasteiger partial charge on any atom is -0.465 e. The maximum Gasteiger partial charge on any atom is 0.410 e. The summed E-state index contributed by atoms with van der Waals surface area (Å²) in [6.07, 6.45) is 0.635. The van der Waals surface area contributed by atoms with Crippen LogP contribution in [0.4, 0.5) is 4.79 Å². The van der Waals surface area contributed by atoms with Crippen LogP contribution in [0.1, 0.15) is 26.5 Å². The Hall–Kier alpha value is -1.66. The van der Waals surface area contributed by atoms with Crippen molar-refractivity contribution in [1.82, 2.24) is 9.88 Å². The number of ether oxygens (including phenoxy) is 2. The summed E-state index contributed by atoms with van der Waals surface area (Å²) in [6.45, 7) is 5.56. The fourth-order valence-electron chi connectivity index (χ4n) is 2.64. The summed E-state index contributed by atoms with van der Waals surface area (Å²) in [6, 6.07) is 5.03. The van der Waals surface area contributed by atoms with Crippen molar-refractivity contribution in [3.8, 4) is 0 Å². The first-order valence-corrected chi connectivity index (χ1v) is 6.46. The van der Waals surface area contributed by atoms with Crippen molar-refractivity contribution in [2.75, 3.05) is 13.7 Å². The fraction of sp³-hybridized carbons (Fsp3) is 0.571. The third-order valence-electron chi connectivity index (χ3n) is 3.93. The second-order valence-corrected chi connectivity index (χ2v) is 5.45. The molecule has 2 heterocycles. The molecule has 1 fully saturated rings. The van der Waals surface area contributed by atoms with E-state index in [2.05, 4.69) is 4.98 Å². The molecule has 0 bridgehead atoms. The first-order valence-electron chi connectivity index (χ1n) is 6.46. The molecule has 1 aliphatic heterocycles. The number of methoxy groups -OCH3 is 1. The summed E-state index contributed by atoms with van der Waals surface area (Å²) in [4.78, 5) is 17.2. The largest absolute Gasteiger partial charge is 0.465 e. The van der Waals surface area contributed by atoms with Crippen molar-refractivity contribution in [2.24, 2.45) is 0 Å². The molecule has 6 nitrogen and oxygen atoms in total. The zero-order chi connectivity index (χ0) is 15.0. The van der Waals surface area contributed by atoms with Crippen LogP contribution in [0.25, 0.3) is 0 Å². The molecule has 0 aliphatic carbocycles. The Morgan fingerprint density at radius 1 is 1.60 bits per heavy atom. The van der Waals surface area contributed by atoms with Crippen molar-refractivity contribution < 1.29 is 19.4 Å². The van der Waals surface area contributed by atoms with Gasteiger partial charge in [0.2, 0.25) is 0 Å². The molecule has 2 atom stereocenters. The van der Waals surface area contributed by atoms with Crippen LogP contribution in [-0.2, 0) is 15.1 Å². The maximum atomic E-state index is 11.6. The molecule has 2 rings (SSSR count). The summed E-state index contributed by atoms with van der Waals surface area (Å²) in [5, 5.41) is 9.50. The molecule has 20 heavy (non-hydrogen) atoms. The number of hydrogen-bond acceptors (Lipinski definition) is 4. The van der Waals surface area contributed by atoms with Crippen LogP contribution >= 0.6 is 0 Å². The minimum atomic E-state index is -1.03. The zero-order valence-corrected chi connectivity index (χ0v) is 12.2. The Balaban J connectivity index is 2.44. The van der Waals surface area contributed by atoms with Gasteiger partial charge in [-0.3, -0.25) is 9.88 Å². The zero-order valence-electron chi connectivity index (χ0n) is 12.2. The van der Waals surface area contributed by atoms with Crippen molar-refractivity contribution in [2.45, 2.75) is 38.1 Å². The molecular formula is C14H20N2O4. The molecule has 1 unspecified atom stereocenters. The molecule has 1 N–H and O–H groups in total. The van der Waals surface area contributed by atoms with Crippen LogP contribution in [0.3, 0.4) is 0 Å². The highest BCUT2D eigenvalue weighted by molar-refractivity contribution is 5.67. The molecule has 110 valence electrons. The average molecular weight is 280 g/mol. The van der Waals surface area contributed by atoms with Gasteiger partial charge in [0.05, 0.1) is 18.3 Å². The quantitative estimate of drug-likeness (QED) is 0.917. The number of carbonyl (C=O) groups is 1. The highest BCUT2D eigenvalue weighted by Crippen LogP contribution is 2.39. The lowest BCUT2D eigenvalue weighted by Crippen LogP contribution is -2.55. The van der Waals surface area contributed by atoms with Gasteiger partial charge in [0, 0.05) is 13.3 Å². The van der Waals surface area contributed by atoms with Crippen LogP contribution in [0.5, 0.6) is 0 Å².